The Kier molecular flexibility index (Phi) is 5.38. The number of thiocarbonyl (C=S) groups is 1. The minimum absolute atomic E-state index is 0.226. The highest BCUT2D eigenvalue weighted by molar-refractivity contribution is 7.80. The van der Waals surface area contributed by atoms with E-state index in [0.717, 1.165) is 5.75 Å². The Hall–Kier alpha value is -1.82. The van der Waals surface area contributed by atoms with Gasteiger partial charge >= 0.3 is 6.03 Å². The molecule has 0 aliphatic carbocycles. The summed E-state index contributed by atoms with van der Waals surface area (Å²) >= 11 is 4.79. The number of likely N-dealkylation sites (N-methyl/N-ethyl adjacent to an activating group) is 1. The van der Waals surface area contributed by atoms with Gasteiger partial charge in [0.1, 0.15) is 5.75 Å². The van der Waals surface area contributed by atoms with Gasteiger partial charge < -0.3 is 20.7 Å². The van der Waals surface area contributed by atoms with Gasteiger partial charge in [0, 0.05) is 12.2 Å². The average Bonchev–Trinajstić information content (AvgIpc) is 2.36. The van der Waals surface area contributed by atoms with Crippen LogP contribution in [0.1, 0.15) is 6.92 Å². The van der Waals surface area contributed by atoms with Gasteiger partial charge in [-0.25, -0.2) is 4.79 Å². The number of hydrogen-bond donors (Lipinski definition) is 2. The molecule has 0 aliphatic rings. The second-order valence-electron chi connectivity index (χ2n) is 3.64. The maximum atomic E-state index is 11.9. The van der Waals surface area contributed by atoms with Gasteiger partial charge in [-0.3, -0.25) is 0 Å². The highest BCUT2D eigenvalue weighted by Gasteiger charge is 2.12. The van der Waals surface area contributed by atoms with E-state index in [2.05, 4.69) is 5.32 Å². The molecule has 0 radical (unpaired) electrons. The van der Waals surface area contributed by atoms with E-state index >= 15 is 0 Å². The Morgan fingerprint density at radius 3 is 2.50 bits per heavy atom. The summed E-state index contributed by atoms with van der Waals surface area (Å²) in [6.07, 6.45) is 0. The zero-order chi connectivity index (χ0) is 13.5. The first kappa shape index (κ1) is 14.2. The number of nitrogens with one attached hydrogen (secondary N) is 1. The summed E-state index contributed by atoms with van der Waals surface area (Å²) in [4.78, 5) is 13.7. The van der Waals surface area contributed by atoms with Crippen molar-refractivity contribution in [3.63, 3.8) is 0 Å². The molecular weight excluding hydrogens is 250 g/mol. The average molecular weight is 267 g/mol. The third kappa shape index (κ3) is 4.21. The van der Waals surface area contributed by atoms with Gasteiger partial charge in [0.15, 0.2) is 0 Å². The zero-order valence-electron chi connectivity index (χ0n) is 10.5. The molecule has 18 heavy (non-hydrogen) atoms. The van der Waals surface area contributed by atoms with Crippen molar-refractivity contribution in [1.82, 2.24) is 4.90 Å². The number of nitrogens with two attached hydrogens (primary N) is 1. The molecule has 98 valence electrons. The van der Waals surface area contributed by atoms with E-state index < -0.39 is 0 Å². The summed E-state index contributed by atoms with van der Waals surface area (Å²) in [6, 6.07) is 6.87. The maximum absolute atomic E-state index is 11.9. The summed E-state index contributed by atoms with van der Waals surface area (Å²) in [5.41, 5.74) is 6.13. The van der Waals surface area contributed by atoms with Crippen molar-refractivity contribution >= 4 is 28.9 Å². The lowest BCUT2D eigenvalue weighted by Crippen LogP contribution is -2.40. The van der Waals surface area contributed by atoms with Crippen LogP contribution in [0, 0.1) is 0 Å². The number of carbonyl (C=O) groups is 1. The highest BCUT2D eigenvalue weighted by Crippen LogP contribution is 2.15. The van der Waals surface area contributed by atoms with E-state index in [9.17, 15) is 4.79 Å². The van der Waals surface area contributed by atoms with Crippen LogP contribution < -0.4 is 15.8 Å². The third-order valence-corrected chi connectivity index (χ3v) is 2.49. The lowest BCUT2D eigenvalue weighted by atomic mass is 10.3. The molecule has 0 bridgehead atoms. The van der Waals surface area contributed by atoms with Crippen LogP contribution in [0.2, 0.25) is 0 Å². The van der Waals surface area contributed by atoms with Gasteiger partial charge in [-0.15, -0.1) is 0 Å². The smallest absolute Gasteiger partial charge is 0.322 e. The molecule has 0 saturated heterocycles. The predicted molar refractivity (Wildman–Crippen MR) is 76.0 cm³/mol. The van der Waals surface area contributed by atoms with Crippen molar-refractivity contribution in [2.24, 2.45) is 5.73 Å². The number of ether oxygens (including phenoxy) is 1. The number of methoxy groups -OCH3 is 1. The maximum Gasteiger partial charge on any atom is 0.322 e. The monoisotopic (exact) mass is 267 g/mol. The van der Waals surface area contributed by atoms with Crippen LogP contribution in [0.3, 0.4) is 0 Å². The number of anilines is 1. The van der Waals surface area contributed by atoms with Crippen LogP contribution in [0.25, 0.3) is 0 Å². The van der Waals surface area contributed by atoms with Crippen molar-refractivity contribution < 1.29 is 9.53 Å². The van der Waals surface area contributed by atoms with Crippen molar-refractivity contribution in [1.29, 1.82) is 0 Å². The number of carbonyl (C=O) groups excluding carboxylic acids is 1. The van der Waals surface area contributed by atoms with Crippen molar-refractivity contribution in [2.75, 3.05) is 25.5 Å². The van der Waals surface area contributed by atoms with E-state index in [-0.39, 0.29) is 12.6 Å². The van der Waals surface area contributed by atoms with E-state index in [1.807, 2.05) is 6.92 Å². The molecule has 0 heterocycles. The van der Waals surface area contributed by atoms with E-state index in [4.69, 9.17) is 22.7 Å². The number of amides is 2. The Bertz CT molecular complexity index is 420. The highest BCUT2D eigenvalue weighted by atomic mass is 32.1. The summed E-state index contributed by atoms with van der Waals surface area (Å²) in [7, 11) is 1.59. The number of rotatable bonds is 5. The minimum atomic E-state index is -0.226. The first-order valence-electron chi connectivity index (χ1n) is 5.55. The summed E-state index contributed by atoms with van der Waals surface area (Å²) in [5, 5.41) is 2.77. The topological polar surface area (TPSA) is 67.6 Å². The Balaban J connectivity index is 2.64. The lowest BCUT2D eigenvalue weighted by Gasteiger charge is -2.20. The van der Waals surface area contributed by atoms with Crippen molar-refractivity contribution in [3.05, 3.63) is 24.3 Å². The van der Waals surface area contributed by atoms with Crippen LogP contribution in [0.15, 0.2) is 24.3 Å². The largest absolute Gasteiger partial charge is 0.497 e. The van der Waals surface area contributed by atoms with Crippen LogP contribution in [0.5, 0.6) is 5.75 Å². The number of urea groups is 1. The molecule has 0 spiro atoms. The Labute approximate surface area is 112 Å². The number of benzene rings is 1. The van der Waals surface area contributed by atoms with Crippen LogP contribution in [-0.4, -0.2) is 36.1 Å². The molecule has 6 heteroatoms. The Morgan fingerprint density at radius 1 is 1.44 bits per heavy atom. The molecule has 1 aromatic carbocycles. The fourth-order valence-electron chi connectivity index (χ4n) is 1.39. The normalized spacial score (nSPS) is 9.67. The molecule has 0 saturated carbocycles. The van der Waals surface area contributed by atoms with E-state index in [0.29, 0.717) is 17.2 Å². The lowest BCUT2D eigenvalue weighted by molar-refractivity contribution is 0.221. The van der Waals surface area contributed by atoms with Gasteiger partial charge in [0.2, 0.25) is 0 Å². The molecule has 0 aromatic heterocycles. The summed E-state index contributed by atoms with van der Waals surface area (Å²) in [6.45, 7) is 2.68. The van der Waals surface area contributed by atoms with E-state index in [1.54, 1.807) is 31.4 Å². The number of hydrogen-bond acceptors (Lipinski definition) is 3. The minimum Gasteiger partial charge on any atom is -0.497 e. The molecule has 0 aliphatic heterocycles. The quantitative estimate of drug-likeness (QED) is 0.799. The van der Waals surface area contributed by atoms with Crippen LogP contribution in [-0.2, 0) is 0 Å². The molecule has 1 rings (SSSR count). The first-order chi connectivity index (χ1) is 8.56. The van der Waals surface area contributed by atoms with Gasteiger partial charge in [0.25, 0.3) is 0 Å². The van der Waals surface area contributed by atoms with E-state index in [1.165, 1.54) is 4.90 Å². The molecule has 1 aromatic rings. The van der Waals surface area contributed by atoms with Gasteiger partial charge in [-0.05, 0) is 31.2 Å². The molecule has 3 N–H and O–H groups in total. The molecular formula is C12H17N3O2S. The Morgan fingerprint density at radius 2 is 2.06 bits per heavy atom. The van der Waals surface area contributed by atoms with Gasteiger partial charge in [-0.2, -0.15) is 0 Å². The fourth-order valence-corrected chi connectivity index (χ4v) is 1.55. The van der Waals surface area contributed by atoms with Crippen LogP contribution in [0.4, 0.5) is 10.5 Å². The van der Waals surface area contributed by atoms with Gasteiger partial charge in [0.05, 0.1) is 18.6 Å². The zero-order valence-corrected chi connectivity index (χ0v) is 11.3. The SMILES string of the molecule is CCN(CC(N)=S)C(=O)Nc1ccc(OC)cc1. The van der Waals surface area contributed by atoms with Crippen molar-refractivity contribution in [3.8, 4) is 5.75 Å². The first-order valence-corrected chi connectivity index (χ1v) is 5.96. The predicted octanol–water partition coefficient (Wildman–Crippen LogP) is 1.84. The molecule has 2 amide bonds. The summed E-state index contributed by atoms with van der Waals surface area (Å²) in [5.74, 6) is 0.739. The second kappa shape index (κ2) is 6.80. The molecule has 0 atom stereocenters. The van der Waals surface area contributed by atoms with Gasteiger partial charge in [-0.1, -0.05) is 12.2 Å². The van der Waals surface area contributed by atoms with Crippen molar-refractivity contribution in [2.45, 2.75) is 6.92 Å². The molecule has 0 unspecified atom stereocenters. The molecule has 5 nitrogen and oxygen atoms in total. The second-order valence-corrected chi connectivity index (χ2v) is 4.16. The van der Waals surface area contributed by atoms with Crippen LogP contribution >= 0.6 is 12.2 Å². The number of nitrogens with zero attached hydrogens (tertiary/aromatic N) is 1. The standard InChI is InChI=1S/C12H17N3O2S/c1-3-15(8-11(13)18)12(16)14-9-4-6-10(17-2)7-5-9/h4-7H,3,8H2,1-2H3,(H2,13,18)(H,14,16). The fraction of sp³-hybridized carbons (Fsp3) is 0.333. The summed E-state index contributed by atoms with van der Waals surface area (Å²) < 4.78 is 5.04. The third-order valence-electron chi connectivity index (χ3n) is 2.36. The molecule has 0 fully saturated rings.